The Hall–Kier alpha value is -1.01. The minimum absolute atomic E-state index is 0.308. The molecule has 1 atom stereocenters. The molecule has 2 heterocycles. The molecule has 0 amide bonds. The number of thioether (sulfide) groups is 1. The van der Waals surface area contributed by atoms with Gasteiger partial charge in [0, 0.05) is 18.3 Å². The normalized spacial score (nSPS) is 20.4. The minimum atomic E-state index is 0.308. The molecular weight excluding hydrogens is 238 g/mol. The number of morpholine rings is 1. The number of aryl methyl sites for hydroxylation is 1. The molecule has 1 aliphatic rings. The van der Waals surface area contributed by atoms with Gasteiger partial charge in [0.15, 0.2) is 0 Å². The van der Waals surface area contributed by atoms with E-state index >= 15 is 0 Å². The van der Waals surface area contributed by atoms with Gasteiger partial charge in [-0.25, -0.2) is 4.98 Å². The standard InChI is InChI=1S/C11H17N3O2S/c1-8-6-9(13-11(12-8)15-2)14-4-5-16-7-10(14)17-3/h6,10H,4-5,7H2,1-3H3. The topological polar surface area (TPSA) is 47.5 Å². The Morgan fingerprint density at radius 3 is 3.06 bits per heavy atom. The molecule has 6 heteroatoms. The fourth-order valence-electron chi connectivity index (χ4n) is 1.80. The van der Waals surface area contributed by atoms with E-state index in [-0.39, 0.29) is 0 Å². The van der Waals surface area contributed by atoms with Crippen LogP contribution in [-0.2, 0) is 4.74 Å². The van der Waals surface area contributed by atoms with E-state index in [0.29, 0.717) is 11.4 Å². The molecule has 0 bridgehead atoms. The van der Waals surface area contributed by atoms with Crippen LogP contribution in [0, 0.1) is 6.92 Å². The number of methoxy groups -OCH3 is 1. The van der Waals surface area contributed by atoms with Gasteiger partial charge in [-0.2, -0.15) is 4.98 Å². The predicted molar refractivity (Wildman–Crippen MR) is 68.8 cm³/mol. The highest BCUT2D eigenvalue weighted by Gasteiger charge is 2.24. The van der Waals surface area contributed by atoms with Crippen LogP contribution in [0.1, 0.15) is 5.69 Å². The summed E-state index contributed by atoms with van der Waals surface area (Å²) < 4.78 is 10.6. The zero-order valence-electron chi connectivity index (χ0n) is 10.3. The average Bonchev–Trinajstić information content (AvgIpc) is 2.37. The Kier molecular flexibility index (Phi) is 4.06. The lowest BCUT2D eigenvalue weighted by molar-refractivity contribution is 0.114. The highest BCUT2D eigenvalue weighted by molar-refractivity contribution is 7.99. The van der Waals surface area contributed by atoms with Gasteiger partial charge in [-0.05, 0) is 13.2 Å². The Morgan fingerprint density at radius 1 is 1.53 bits per heavy atom. The summed E-state index contributed by atoms with van der Waals surface area (Å²) in [5.41, 5.74) is 0.915. The van der Waals surface area contributed by atoms with E-state index in [4.69, 9.17) is 9.47 Å². The molecule has 17 heavy (non-hydrogen) atoms. The van der Waals surface area contributed by atoms with Crippen LogP contribution in [0.4, 0.5) is 5.82 Å². The quantitative estimate of drug-likeness (QED) is 0.812. The molecule has 0 N–H and O–H groups in total. The summed E-state index contributed by atoms with van der Waals surface area (Å²) in [6.45, 7) is 4.27. The van der Waals surface area contributed by atoms with Crippen molar-refractivity contribution in [1.82, 2.24) is 9.97 Å². The van der Waals surface area contributed by atoms with Crippen LogP contribution in [-0.4, -0.2) is 48.5 Å². The van der Waals surface area contributed by atoms with Crippen LogP contribution in [0.5, 0.6) is 6.01 Å². The van der Waals surface area contributed by atoms with Crippen LogP contribution in [0.3, 0.4) is 0 Å². The molecule has 1 saturated heterocycles. The zero-order valence-corrected chi connectivity index (χ0v) is 11.2. The van der Waals surface area contributed by atoms with Crippen molar-refractivity contribution in [1.29, 1.82) is 0 Å². The Bertz CT molecular complexity index is 389. The van der Waals surface area contributed by atoms with Crippen LogP contribution in [0.15, 0.2) is 6.07 Å². The van der Waals surface area contributed by atoms with Gasteiger partial charge in [-0.3, -0.25) is 0 Å². The second kappa shape index (κ2) is 5.55. The second-order valence-electron chi connectivity index (χ2n) is 3.81. The summed E-state index contributed by atoms with van der Waals surface area (Å²) in [4.78, 5) is 10.8. The van der Waals surface area contributed by atoms with Gasteiger partial charge in [-0.1, -0.05) is 0 Å². The largest absolute Gasteiger partial charge is 0.467 e. The molecule has 5 nitrogen and oxygen atoms in total. The number of aromatic nitrogens is 2. The number of rotatable bonds is 3. The molecule has 2 rings (SSSR count). The van der Waals surface area contributed by atoms with Crippen molar-refractivity contribution in [2.45, 2.75) is 12.3 Å². The molecule has 0 aromatic carbocycles. The van der Waals surface area contributed by atoms with E-state index in [1.165, 1.54) is 0 Å². The van der Waals surface area contributed by atoms with Gasteiger partial charge >= 0.3 is 6.01 Å². The lowest BCUT2D eigenvalue weighted by atomic mass is 10.3. The lowest BCUT2D eigenvalue weighted by Gasteiger charge is -2.35. The number of anilines is 1. The molecule has 0 aliphatic carbocycles. The minimum Gasteiger partial charge on any atom is -0.467 e. The molecular formula is C11H17N3O2S. The van der Waals surface area contributed by atoms with E-state index in [2.05, 4.69) is 21.1 Å². The van der Waals surface area contributed by atoms with Gasteiger partial charge in [0.2, 0.25) is 0 Å². The van der Waals surface area contributed by atoms with E-state index in [0.717, 1.165) is 31.3 Å². The molecule has 1 aromatic rings. The van der Waals surface area contributed by atoms with Crippen LogP contribution in [0.2, 0.25) is 0 Å². The van der Waals surface area contributed by atoms with Gasteiger partial charge < -0.3 is 14.4 Å². The molecule has 94 valence electrons. The first-order valence-corrected chi connectivity index (χ1v) is 6.80. The molecule has 1 fully saturated rings. The number of hydrogen-bond donors (Lipinski definition) is 0. The molecule has 0 spiro atoms. The summed E-state index contributed by atoms with van der Waals surface area (Å²) >= 11 is 1.77. The highest BCUT2D eigenvalue weighted by atomic mass is 32.2. The van der Waals surface area contributed by atoms with Gasteiger partial charge in [0.25, 0.3) is 0 Å². The SMILES string of the molecule is COc1nc(C)cc(N2CCOCC2SC)n1. The van der Waals surface area contributed by atoms with Crippen molar-refractivity contribution in [2.75, 3.05) is 38.0 Å². The van der Waals surface area contributed by atoms with Gasteiger partial charge in [-0.15, -0.1) is 11.8 Å². The van der Waals surface area contributed by atoms with E-state index < -0.39 is 0 Å². The summed E-state index contributed by atoms with van der Waals surface area (Å²) in [7, 11) is 1.59. The monoisotopic (exact) mass is 255 g/mol. The highest BCUT2D eigenvalue weighted by Crippen LogP contribution is 2.24. The predicted octanol–water partition coefficient (Wildman–Crippen LogP) is 1.32. The van der Waals surface area contributed by atoms with Crippen molar-refractivity contribution < 1.29 is 9.47 Å². The van der Waals surface area contributed by atoms with Crippen molar-refractivity contribution in [3.8, 4) is 6.01 Å². The zero-order chi connectivity index (χ0) is 12.3. The van der Waals surface area contributed by atoms with E-state index in [1.54, 1.807) is 18.9 Å². The maximum atomic E-state index is 5.47. The van der Waals surface area contributed by atoms with Crippen molar-refractivity contribution in [3.05, 3.63) is 11.8 Å². The van der Waals surface area contributed by atoms with Gasteiger partial charge in [0.05, 0.1) is 25.7 Å². The van der Waals surface area contributed by atoms with Crippen molar-refractivity contribution in [2.24, 2.45) is 0 Å². The number of ether oxygens (including phenoxy) is 2. The Morgan fingerprint density at radius 2 is 2.35 bits per heavy atom. The van der Waals surface area contributed by atoms with Crippen LogP contribution >= 0.6 is 11.8 Å². The summed E-state index contributed by atoms with van der Waals surface area (Å²) in [5, 5.41) is 0.308. The third kappa shape index (κ3) is 2.81. The summed E-state index contributed by atoms with van der Waals surface area (Å²) in [6, 6.07) is 2.41. The average molecular weight is 255 g/mol. The van der Waals surface area contributed by atoms with Crippen LogP contribution < -0.4 is 9.64 Å². The Balaban J connectivity index is 2.27. The van der Waals surface area contributed by atoms with E-state index in [1.807, 2.05) is 13.0 Å². The molecule has 0 radical (unpaired) electrons. The maximum absolute atomic E-state index is 5.47. The molecule has 1 aliphatic heterocycles. The lowest BCUT2D eigenvalue weighted by Crippen LogP contribution is -2.44. The number of nitrogens with zero attached hydrogens (tertiary/aromatic N) is 3. The van der Waals surface area contributed by atoms with E-state index in [9.17, 15) is 0 Å². The van der Waals surface area contributed by atoms with Crippen LogP contribution in [0.25, 0.3) is 0 Å². The third-order valence-electron chi connectivity index (χ3n) is 2.65. The smallest absolute Gasteiger partial charge is 0.318 e. The van der Waals surface area contributed by atoms with Crippen molar-refractivity contribution in [3.63, 3.8) is 0 Å². The Labute approximate surface area is 106 Å². The molecule has 0 saturated carbocycles. The molecule has 1 unspecified atom stereocenters. The summed E-state index contributed by atoms with van der Waals surface area (Å²) in [6.07, 6.45) is 2.08. The number of hydrogen-bond acceptors (Lipinski definition) is 6. The summed E-state index contributed by atoms with van der Waals surface area (Å²) in [5.74, 6) is 0.914. The maximum Gasteiger partial charge on any atom is 0.318 e. The van der Waals surface area contributed by atoms with Crippen molar-refractivity contribution >= 4 is 17.6 Å². The van der Waals surface area contributed by atoms with Gasteiger partial charge in [0.1, 0.15) is 5.82 Å². The molecule has 1 aromatic heterocycles. The first kappa shape index (κ1) is 12.4. The first-order valence-electron chi connectivity index (χ1n) is 5.51. The second-order valence-corrected chi connectivity index (χ2v) is 4.83. The third-order valence-corrected chi connectivity index (χ3v) is 3.59. The fourth-order valence-corrected chi connectivity index (χ4v) is 2.50. The first-order chi connectivity index (χ1) is 8.24. The fraction of sp³-hybridized carbons (Fsp3) is 0.636.